The average molecular weight is 213 g/mol. The maximum absolute atomic E-state index is 11.1. The van der Waals surface area contributed by atoms with E-state index in [-0.39, 0.29) is 16.0 Å². The van der Waals surface area contributed by atoms with E-state index < -0.39 is 9.84 Å². The summed E-state index contributed by atoms with van der Waals surface area (Å²) in [6, 6.07) is 0. The summed E-state index contributed by atoms with van der Waals surface area (Å²) in [5.41, 5.74) is 1.38. The van der Waals surface area contributed by atoms with Gasteiger partial charge in [-0.15, -0.1) is 21.8 Å². The molecule has 0 N–H and O–H groups in total. The lowest BCUT2D eigenvalue weighted by atomic mass is 11.0. The van der Waals surface area contributed by atoms with Crippen molar-refractivity contribution in [2.24, 2.45) is 0 Å². The van der Waals surface area contributed by atoms with Crippen molar-refractivity contribution in [1.29, 1.82) is 0 Å². The van der Waals surface area contributed by atoms with Crippen molar-refractivity contribution in [2.45, 2.75) is 4.34 Å². The number of hydrogen-bond donors (Lipinski definition) is 0. The van der Waals surface area contributed by atoms with Crippen LogP contribution in [0.15, 0.2) is 9.85 Å². The highest BCUT2D eigenvalue weighted by Gasteiger charge is 2.16. The maximum Gasteiger partial charge on any atom is 0.232 e. The predicted molar refractivity (Wildman–Crippen MR) is 42.7 cm³/mol. The first-order valence-corrected chi connectivity index (χ1v) is 5.78. The molecule has 0 radical (unpaired) electrons. The smallest absolute Gasteiger partial charge is 0.221 e. The summed E-state index contributed by atoms with van der Waals surface area (Å²) >= 11 is 6.28. The molecule has 0 unspecified atom stereocenters. The summed E-state index contributed by atoms with van der Waals surface area (Å²) in [4.78, 5) is 0. The molecule has 0 bridgehead atoms. The highest BCUT2D eigenvalue weighted by molar-refractivity contribution is 7.93. The second-order valence-electron chi connectivity index (χ2n) is 1.71. The number of nitrogens with zero attached hydrogens (tertiary/aromatic N) is 2. The molecule has 0 amide bonds. The minimum Gasteiger partial charge on any atom is -0.221 e. The average Bonchev–Trinajstić information content (AvgIpc) is 2.37. The van der Waals surface area contributed by atoms with Gasteiger partial charge in [-0.05, 0) is 0 Å². The normalized spacial score (nSPS) is 11.7. The molecule has 0 fully saturated rings. The van der Waals surface area contributed by atoms with Gasteiger partial charge in [0.05, 0.1) is 5.75 Å². The molecule has 0 aliphatic rings. The minimum atomic E-state index is -3.25. The van der Waals surface area contributed by atoms with Crippen LogP contribution in [0.5, 0.6) is 0 Å². The van der Waals surface area contributed by atoms with Crippen molar-refractivity contribution in [1.82, 2.24) is 10.2 Å². The lowest BCUT2D eigenvalue weighted by Crippen LogP contribution is -2.07. The van der Waals surface area contributed by atoms with Gasteiger partial charge in [-0.1, -0.05) is 11.3 Å². The Balaban J connectivity index is 2.92. The highest BCUT2D eigenvalue weighted by atomic mass is 35.5. The molecule has 1 aromatic heterocycles. The zero-order chi connectivity index (χ0) is 8.32. The molecular weight excluding hydrogens is 208 g/mol. The number of sulfone groups is 1. The second-order valence-corrected chi connectivity index (χ2v) is 5.21. The minimum absolute atomic E-state index is 0.0400. The fraction of sp³-hybridized carbons (Fsp3) is 0.500. The summed E-state index contributed by atoms with van der Waals surface area (Å²) in [6.45, 7) is 0. The Hall–Kier alpha value is -0.200. The summed E-state index contributed by atoms with van der Waals surface area (Å²) in [6.07, 6.45) is 0. The number of alkyl halides is 1. The molecule has 0 saturated carbocycles. The summed E-state index contributed by atoms with van der Waals surface area (Å²) in [5, 5.41) is 6.85. The summed E-state index contributed by atoms with van der Waals surface area (Å²) in [7, 11) is -3.25. The van der Waals surface area contributed by atoms with Crippen LogP contribution in [-0.2, 0) is 9.84 Å². The third-order valence-corrected chi connectivity index (χ3v) is 4.25. The molecule has 0 saturated heterocycles. The Bertz CT molecular complexity index is 307. The maximum atomic E-state index is 11.1. The van der Waals surface area contributed by atoms with Gasteiger partial charge in [-0.2, -0.15) is 0 Å². The molecule has 1 heterocycles. The van der Waals surface area contributed by atoms with Gasteiger partial charge in [-0.3, -0.25) is 0 Å². The van der Waals surface area contributed by atoms with Crippen molar-refractivity contribution in [3.05, 3.63) is 5.51 Å². The first-order valence-electron chi connectivity index (χ1n) is 2.72. The monoisotopic (exact) mass is 212 g/mol. The Morgan fingerprint density at radius 1 is 1.64 bits per heavy atom. The number of hydrogen-bond acceptors (Lipinski definition) is 5. The Morgan fingerprint density at radius 3 is 2.82 bits per heavy atom. The van der Waals surface area contributed by atoms with Crippen LogP contribution in [-0.4, -0.2) is 30.2 Å². The third-order valence-electron chi connectivity index (χ3n) is 0.952. The van der Waals surface area contributed by atoms with Crippen LogP contribution in [0.1, 0.15) is 0 Å². The molecule has 7 heteroatoms. The van der Waals surface area contributed by atoms with Crippen molar-refractivity contribution >= 4 is 32.8 Å². The van der Waals surface area contributed by atoms with Crippen molar-refractivity contribution in [3.63, 3.8) is 0 Å². The summed E-state index contributed by atoms with van der Waals surface area (Å²) < 4.78 is 22.3. The third kappa shape index (κ3) is 2.11. The quantitative estimate of drug-likeness (QED) is 0.687. The van der Waals surface area contributed by atoms with Gasteiger partial charge in [0.25, 0.3) is 0 Å². The molecule has 1 rings (SSSR count). The van der Waals surface area contributed by atoms with Crippen LogP contribution < -0.4 is 0 Å². The molecule has 1 aromatic rings. The fourth-order valence-electron chi connectivity index (χ4n) is 0.487. The van der Waals surface area contributed by atoms with E-state index in [0.29, 0.717) is 0 Å². The van der Waals surface area contributed by atoms with E-state index in [1.165, 1.54) is 5.51 Å². The lowest BCUT2D eigenvalue weighted by molar-refractivity contribution is 0.595. The molecular formula is C4H5ClN2O2S2. The van der Waals surface area contributed by atoms with E-state index in [9.17, 15) is 8.42 Å². The van der Waals surface area contributed by atoms with Gasteiger partial charge in [0.1, 0.15) is 5.51 Å². The van der Waals surface area contributed by atoms with Crippen LogP contribution in [0, 0.1) is 0 Å². The van der Waals surface area contributed by atoms with Crippen LogP contribution in [0.2, 0.25) is 0 Å². The molecule has 0 aliphatic heterocycles. The van der Waals surface area contributed by atoms with E-state index >= 15 is 0 Å². The van der Waals surface area contributed by atoms with E-state index in [1.54, 1.807) is 0 Å². The molecule has 0 atom stereocenters. The Kier molecular flexibility index (Phi) is 2.80. The Labute approximate surface area is 73.1 Å². The first-order chi connectivity index (χ1) is 5.17. The number of halogens is 1. The molecule has 0 aliphatic carbocycles. The topological polar surface area (TPSA) is 59.9 Å². The van der Waals surface area contributed by atoms with E-state index in [1.807, 2.05) is 0 Å². The van der Waals surface area contributed by atoms with Gasteiger partial charge in [0.15, 0.2) is 0 Å². The fourth-order valence-corrected chi connectivity index (χ4v) is 2.89. The predicted octanol–water partition coefficient (Wildman–Crippen LogP) is 0.551. The van der Waals surface area contributed by atoms with Gasteiger partial charge in [0, 0.05) is 5.88 Å². The van der Waals surface area contributed by atoms with Gasteiger partial charge >= 0.3 is 0 Å². The van der Waals surface area contributed by atoms with Crippen molar-refractivity contribution in [3.8, 4) is 0 Å². The highest BCUT2D eigenvalue weighted by Crippen LogP contribution is 2.11. The Morgan fingerprint density at radius 2 is 2.36 bits per heavy atom. The van der Waals surface area contributed by atoms with Crippen LogP contribution in [0.25, 0.3) is 0 Å². The molecule has 4 nitrogen and oxygen atoms in total. The van der Waals surface area contributed by atoms with Crippen molar-refractivity contribution < 1.29 is 8.42 Å². The van der Waals surface area contributed by atoms with Gasteiger partial charge < -0.3 is 0 Å². The van der Waals surface area contributed by atoms with Gasteiger partial charge in [0.2, 0.25) is 14.2 Å². The molecule has 0 spiro atoms. The standard InChI is InChI=1S/C4H5ClN2O2S2/c5-1-2-11(8,9)4-7-6-3-10-4/h3H,1-2H2. The van der Waals surface area contributed by atoms with E-state index in [0.717, 1.165) is 11.3 Å². The molecule has 0 aromatic carbocycles. The second kappa shape index (κ2) is 3.46. The molecule has 62 valence electrons. The zero-order valence-electron chi connectivity index (χ0n) is 5.40. The number of rotatable bonds is 3. The van der Waals surface area contributed by atoms with Crippen LogP contribution in [0.3, 0.4) is 0 Å². The van der Waals surface area contributed by atoms with Crippen LogP contribution in [0.4, 0.5) is 0 Å². The van der Waals surface area contributed by atoms with E-state index in [4.69, 9.17) is 11.6 Å². The first kappa shape index (κ1) is 8.89. The van der Waals surface area contributed by atoms with Gasteiger partial charge in [-0.25, -0.2) is 8.42 Å². The van der Waals surface area contributed by atoms with Crippen molar-refractivity contribution in [2.75, 3.05) is 11.6 Å². The largest absolute Gasteiger partial charge is 0.232 e. The lowest BCUT2D eigenvalue weighted by Gasteiger charge is -1.92. The van der Waals surface area contributed by atoms with Crippen LogP contribution >= 0.6 is 22.9 Å². The summed E-state index contributed by atoms with van der Waals surface area (Å²) in [5.74, 6) is 0.00562. The SMILES string of the molecule is O=S(=O)(CCCl)c1nncs1. The number of aromatic nitrogens is 2. The molecule has 11 heavy (non-hydrogen) atoms. The van der Waals surface area contributed by atoms with E-state index in [2.05, 4.69) is 10.2 Å². The zero-order valence-corrected chi connectivity index (χ0v) is 7.79.